The summed E-state index contributed by atoms with van der Waals surface area (Å²) in [5.41, 5.74) is 5.65. The first kappa shape index (κ1) is 9.71. The van der Waals surface area contributed by atoms with Crippen LogP contribution in [0.15, 0.2) is 10.7 Å². The third-order valence-corrected chi connectivity index (χ3v) is 3.05. The maximum atomic E-state index is 5.65. The fourth-order valence-electron chi connectivity index (χ4n) is 1.52. The van der Waals surface area contributed by atoms with E-state index < -0.39 is 0 Å². The minimum atomic E-state index is 0.507. The SMILES string of the molecule is CN(c1nc(N)cc(Br)n1)C1CCC1. The summed E-state index contributed by atoms with van der Waals surface area (Å²) in [5.74, 6) is 1.22. The van der Waals surface area contributed by atoms with Gasteiger partial charge in [-0.1, -0.05) is 0 Å². The molecule has 0 unspecified atom stereocenters. The van der Waals surface area contributed by atoms with Gasteiger partial charge in [0.05, 0.1) is 0 Å². The number of anilines is 2. The monoisotopic (exact) mass is 256 g/mol. The minimum Gasteiger partial charge on any atom is -0.383 e. The molecule has 1 fully saturated rings. The predicted molar refractivity (Wildman–Crippen MR) is 60.2 cm³/mol. The summed E-state index contributed by atoms with van der Waals surface area (Å²) >= 11 is 3.31. The standard InChI is InChI=1S/C9H13BrN4/c1-14(6-3-2-4-6)9-12-7(10)5-8(11)13-9/h5-6H,2-4H2,1H3,(H2,11,12,13). The van der Waals surface area contributed by atoms with Gasteiger partial charge in [-0.05, 0) is 35.2 Å². The molecule has 4 nitrogen and oxygen atoms in total. The van der Waals surface area contributed by atoms with E-state index in [2.05, 4.69) is 30.8 Å². The van der Waals surface area contributed by atoms with E-state index in [1.165, 1.54) is 19.3 Å². The van der Waals surface area contributed by atoms with Crippen LogP contribution in [0.25, 0.3) is 0 Å². The number of rotatable bonds is 2. The molecule has 1 heterocycles. The van der Waals surface area contributed by atoms with E-state index in [0.29, 0.717) is 17.8 Å². The number of aromatic nitrogens is 2. The van der Waals surface area contributed by atoms with Crippen molar-refractivity contribution in [3.05, 3.63) is 10.7 Å². The number of nitrogens with two attached hydrogens (primary N) is 1. The van der Waals surface area contributed by atoms with Crippen LogP contribution in [0, 0.1) is 0 Å². The third kappa shape index (κ3) is 1.82. The summed E-state index contributed by atoms with van der Waals surface area (Å²) in [6.45, 7) is 0. The molecule has 0 radical (unpaired) electrons. The number of hydrogen-bond acceptors (Lipinski definition) is 4. The molecule has 0 atom stereocenters. The number of hydrogen-bond donors (Lipinski definition) is 1. The van der Waals surface area contributed by atoms with Crippen LogP contribution in [0.4, 0.5) is 11.8 Å². The molecule has 2 rings (SSSR count). The Bertz CT molecular complexity index is 317. The van der Waals surface area contributed by atoms with E-state index in [1.54, 1.807) is 6.07 Å². The smallest absolute Gasteiger partial charge is 0.228 e. The van der Waals surface area contributed by atoms with Gasteiger partial charge in [-0.15, -0.1) is 0 Å². The van der Waals surface area contributed by atoms with Crippen LogP contribution in [-0.4, -0.2) is 23.1 Å². The topological polar surface area (TPSA) is 55.0 Å². The van der Waals surface area contributed by atoms with Gasteiger partial charge in [-0.25, -0.2) is 4.98 Å². The van der Waals surface area contributed by atoms with Crippen LogP contribution >= 0.6 is 15.9 Å². The molecule has 1 aromatic heterocycles. The van der Waals surface area contributed by atoms with Crippen molar-refractivity contribution in [1.29, 1.82) is 0 Å². The van der Waals surface area contributed by atoms with Gasteiger partial charge in [0.2, 0.25) is 5.95 Å². The Morgan fingerprint density at radius 1 is 1.50 bits per heavy atom. The second-order valence-corrected chi connectivity index (χ2v) is 4.42. The third-order valence-electron chi connectivity index (χ3n) is 2.64. The number of nitrogens with zero attached hydrogens (tertiary/aromatic N) is 3. The quantitative estimate of drug-likeness (QED) is 0.821. The first-order valence-corrected chi connectivity index (χ1v) is 5.49. The Morgan fingerprint density at radius 3 is 2.71 bits per heavy atom. The van der Waals surface area contributed by atoms with Gasteiger partial charge >= 0.3 is 0 Å². The molecule has 2 N–H and O–H groups in total. The lowest BCUT2D eigenvalue weighted by Gasteiger charge is -2.34. The second kappa shape index (κ2) is 3.73. The van der Waals surface area contributed by atoms with Crippen molar-refractivity contribution < 1.29 is 0 Å². The van der Waals surface area contributed by atoms with E-state index in [9.17, 15) is 0 Å². The zero-order valence-electron chi connectivity index (χ0n) is 8.07. The van der Waals surface area contributed by atoms with Gasteiger partial charge in [-0.2, -0.15) is 4.98 Å². The van der Waals surface area contributed by atoms with Crippen LogP contribution in [0.5, 0.6) is 0 Å². The summed E-state index contributed by atoms with van der Waals surface area (Å²) in [6.07, 6.45) is 3.76. The molecule has 0 bridgehead atoms. The van der Waals surface area contributed by atoms with Crippen molar-refractivity contribution in [1.82, 2.24) is 9.97 Å². The fourth-order valence-corrected chi connectivity index (χ4v) is 1.91. The van der Waals surface area contributed by atoms with Crippen molar-refractivity contribution in [2.75, 3.05) is 17.7 Å². The van der Waals surface area contributed by atoms with E-state index in [1.807, 2.05) is 7.05 Å². The first-order chi connectivity index (χ1) is 6.66. The molecule has 0 aromatic carbocycles. The second-order valence-electron chi connectivity index (χ2n) is 3.61. The first-order valence-electron chi connectivity index (χ1n) is 4.69. The molecule has 0 amide bonds. The Morgan fingerprint density at radius 2 is 2.21 bits per heavy atom. The lowest BCUT2D eigenvalue weighted by molar-refractivity contribution is 0.397. The van der Waals surface area contributed by atoms with Crippen LogP contribution in [0.3, 0.4) is 0 Å². The van der Waals surface area contributed by atoms with Crippen molar-refractivity contribution in [2.24, 2.45) is 0 Å². The van der Waals surface area contributed by atoms with Gasteiger partial charge in [0.15, 0.2) is 0 Å². The highest BCUT2D eigenvalue weighted by Crippen LogP contribution is 2.27. The van der Waals surface area contributed by atoms with Crippen LogP contribution in [0.1, 0.15) is 19.3 Å². The van der Waals surface area contributed by atoms with Crippen LogP contribution < -0.4 is 10.6 Å². The van der Waals surface area contributed by atoms with E-state index >= 15 is 0 Å². The Labute approximate surface area is 91.7 Å². The van der Waals surface area contributed by atoms with Crippen molar-refractivity contribution >= 4 is 27.7 Å². The summed E-state index contributed by atoms with van der Waals surface area (Å²) in [4.78, 5) is 10.6. The van der Waals surface area contributed by atoms with Crippen molar-refractivity contribution in [3.8, 4) is 0 Å². The molecule has 14 heavy (non-hydrogen) atoms. The zero-order valence-corrected chi connectivity index (χ0v) is 9.66. The van der Waals surface area contributed by atoms with Gasteiger partial charge in [0, 0.05) is 19.2 Å². The normalized spacial score (nSPS) is 16.4. The molecular formula is C9H13BrN4. The molecule has 0 saturated heterocycles. The van der Waals surface area contributed by atoms with Gasteiger partial charge < -0.3 is 10.6 Å². The number of halogens is 1. The molecule has 1 aliphatic rings. The van der Waals surface area contributed by atoms with E-state index in [4.69, 9.17) is 5.73 Å². The highest BCUT2D eigenvalue weighted by atomic mass is 79.9. The number of nitrogen functional groups attached to an aromatic ring is 1. The zero-order chi connectivity index (χ0) is 10.1. The van der Waals surface area contributed by atoms with E-state index in [0.717, 1.165) is 4.60 Å². The molecular weight excluding hydrogens is 244 g/mol. The largest absolute Gasteiger partial charge is 0.383 e. The fraction of sp³-hybridized carbons (Fsp3) is 0.556. The maximum absolute atomic E-state index is 5.65. The molecule has 0 spiro atoms. The van der Waals surface area contributed by atoms with Crippen LogP contribution in [-0.2, 0) is 0 Å². The molecule has 5 heteroatoms. The Kier molecular flexibility index (Phi) is 2.58. The summed E-state index contributed by atoms with van der Waals surface area (Å²) in [5, 5.41) is 0. The van der Waals surface area contributed by atoms with Gasteiger partial charge in [0.1, 0.15) is 10.4 Å². The van der Waals surface area contributed by atoms with Gasteiger partial charge in [-0.3, -0.25) is 0 Å². The van der Waals surface area contributed by atoms with E-state index in [-0.39, 0.29) is 0 Å². The van der Waals surface area contributed by atoms with Crippen molar-refractivity contribution in [3.63, 3.8) is 0 Å². The maximum Gasteiger partial charge on any atom is 0.228 e. The predicted octanol–water partition coefficient (Wildman–Crippen LogP) is 1.81. The molecule has 76 valence electrons. The Balaban J connectivity index is 2.21. The average Bonchev–Trinajstić information content (AvgIpc) is 1.98. The Hall–Kier alpha value is -0.840. The van der Waals surface area contributed by atoms with Crippen molar-refractivity contribution in [2.45, 2.75) is 25.3 Å². The highest BCUT2D eigenvalue weighted by Gasteiger charge is 2.24. The summed E-state index contributed by atoms with van der Waals surface area (Å²) < 4.78 is 0.742. The molecule has 1 saturated carbocycles. The molecule has 1 aromatic rings. The van der Waals surface area contributed by atoms with Crippen LogP contribution in [0.2, 0.25) is 0 Å². The summed E-state index contributed by atoms with van der Waals surface area (Å²) in [7, 11) is 2.02. The lowest BCUT2D eigenvalue weighted by Crippen LogP contribution is -2.38. The molecule has 0 aliphatic heterocycles. The molecule has 1 aliphatic carbocycles. The highest BCUT2D eigenvalue weighted by molar-refractivity contribution is 9.10. The average molecular weight is 257 g/mol. The minimum absolute atomic E-state index is 0.507. The summed E-state index contributed by atoms with van der Waals surface area (Å²) in [6, 6.07) is 2.29. The lowest BCUT2D eigenvalue weighted by atomic mass is 9.92. The van der Waals surface area contributed by atoms with Gasteiger partial charge in [0.25, 0.3) is 0 Å².